The molecule has 1 aromatic carbocycles. The van der Waals surface area contributed by atoms with Crippen LogP contribution >= 0.6 is 24.2 Å². The van der Waals surface area contributed by atoms with Gasteiger partial charge in [0.25, 0.3) is 0 Å². The lowest BCUT2D eigenvalue weighted by atomic mass is 10.3. The molecule has 0 saturated heterocycles. The fourth-order valence-corrected chi connectivity index (χ4v) is 1.54. The first-order chi connectivity index (χ1) is 8.15. The molecule has 4 N–H and O–H groups in total. The smallest absolute Gasteiger partial charge is 0.243 e. The molecular weight excluding hydrogens is 274 g/mol. The van der Waals surface area contributed by atoms with Gasteiger partial charge in [0.05, 0.1) is 13.1 Å². The number of anilines is 1. The average Bonchev–Trinajstić information content (AvgIpc) is 2.36. The summed E-state index contributed by atoms with van der Waals surface area (Å²) in [4.78, 5) is 23.4. The zero-order chi connectivity index (χ0) is 12.7. The Morgan fingerprint density at radius 2 is 1.83 bits per heavy atom. The van der Waals surface area contributed by atoms with Gasteiger partial charge in [-0.3, -0.25) is 9.59 Å². The van der Waals surface area contributed by atoms with Gasteiger partial charge < -0.3 is 16.4 Å². The highest BCUT2D eigenvalue weighted by Gasteiger charge is 2.04. The molecule has 0 bridgehead atoms. The van der Waals surface area contributed by atoms with E-state index in [1.165, 1.54) is 0 Å². The molecule has 0 aliphatic heterocycles. The quantitative estimate of drug-likeness (QED) is 0.702. The molecule has 1 aromatic rings. The van der Waals surface area contributed by atoms with E-state index in [0.717, 1.165) is 4.90 Å². The Labute approximate surface area is 116 Å². The van der Waals surface area contributed by atoms with E-state index in [4.69, 9.17) is 5.73 Å². The summed E-state index contributed by atoms with van der Waals surface area (Å²) in [5.41, 5.74) is 5.80. The van der Waals surface area contributed by atoms with Crippen LogP contribution in [0.5, 0.6) is 0 Å². The van der Waals surface area contributed by atoms with E-state index < -0.39 is 0 Å². The molecule has 7 heteroatoms. The topological polar surface area (TPSA) is 84.2 Å². The molecule has 0 aromatic heterocycles. The molecule has 100 valence electrons. The molecule has 1 rings (SSSR count). The molecule has 0 saturated carbocycles. The molecule has 0 aliphatic carbocycles. The second-order valence-electron chi connectivity index (χ2n) is 3.26. The van der Waals surface area contributed by atoms with Crippen LogP contribution < -0.4 is 16.4 Å². The molecule has 0 atom stereocenters. The van der Waals surface area contributed by atoms with Gasteiger partial charge in [-0.05, 0) is 30.5 Å². The number of rotatable bonds is 5. The van der Waals surface area contributed by atoms with Crippen molar-refractivity contribution in [1.29, 1.82) is 0 Å². The summed E-state index contributed by atoms with van der Waals surface area (Å²) < 4.78 is 0. The van der Waals surface area contributed by atoms with Crippen LogP contribution in [-0.2, 0) is 9.59 Å². The maximum absolute atomic E-state index is 11.4. The van der Waals surface area contributed by atoms with Crippen LogP contribution in [0.4, 0.5) is 5.69 Å². The van der Waals surface area contributed by atoms with E-state index in [-0.39, 0.29) is 37.3 Å². The fourth-order valence-electron chi connectivity index (χ4n) is 1.13. The molecule has 18 heavy (non-hydrogen) atoms. The first kappa shape index (κ1) is 16.8. The van der Waals surface area contributed by atoms with Crippen LogP contribution in [0.2, 0.25) is 0 Å². The number of nitrogens with one attached hydrogen (secondary N) is 2. The number of hydrogen-bond acceptors (Lipinski definition) is 4. The van der Waals surface area contributed by atoms with Crippen molar-refractivity contribution in [1.82, 2.24) is 5.32 Å². The first-order valence-electron chi connectivity index (χ1n) is 5.06. The largest absolute Gasteiger partial charge is 0.346 e. The van der Waals surface area contributed by atoms with Gasteiger partial charge in [-0.1, -0.05) is 0 Å². The maximum Gasteiger partial charge on any atom is 0.243 e. The van der Waals surface area contributed by atoms with Crippen molar-refractivity contribution in [2.45, 2.75) is 4.90 Å². The third-order valence-corrected chi connectivity index (χ3v) is 2.75. The van der Waals surface area contributed by atoms with Crippen molar-refractivity contribution in [3.63, 3.8) is 0 Å². The predicted molar refractivity (Wildman–Crippen MR) is 76.2 cm³/mol. The lowest BCUT2D eigenvalue weighted by molar-refractivity contribution is -0.123. The van der Waals surface area contributed by atoms with Gasteiger partial charge in [-0.15, -0.1) is 24.2 Å². The summed E-state index contributed by atoms with van der Waals surface area (Å²) in [6.45, 7) is -0.185. The van der Waals surface area contributed by atoms with E-state index in [1.54, 1.807) is 11.8 Å². The van der Waals surface area contributed by atoms with Crippen LogP contribution in [0, 0.1) is 0 Å². The van der Waals surface area contributed by atoms with Crippen LogP contribution in [0.15, 0.2) is 29.2 Å². The molecule has 0 heterocycles. The molecular formula is C11H16ClN3O2S. The molecule has 2 amide bonds. The molecule has 0 fully saturated rings. The molecule has 0 spiro atoms. The summed E-state index contributed by atoms with van der Waals surface area (Å²) in [6.07, 6.45) is 1.98. The minimum atomic E-state index is -0.349. The first-order valence-corrected chi connectivity index (χ1v) is 6.29. The fraction of sp³-hybridized carbons (Fsp3) is 0.273. The average molecular weight is 290 g/mol. The maximum atomic E-state index is 11.4. The van der Waals surface area contributed by atoms with E-state index >= 15 is 0 Å². The van der Waals surface area contributed by atoms with E-state index in [0.29, 0.717) is 5.69 Å². The summed E-state index contributed by atoms with van der Waals surface area (Å²) >= 11 is 1.63. The summed E-state index contributed by atoms with van der Waals surface area (Å²) in [6, 6.07) is 7.46. The van der Waals surface area contributed by atoms with Crippen LogP contribution in [-0.4, -0.2) is 31.2 Å². The SMILES string of the molecule is CSc1ccc(NC(=O)CNC(=O)CN)cc1.Cl. The lowest BCUT2D eigenvalue weighted by Crippen LogP contribution is -2.36. The number of hydrogen-bond donors (Lipinski definition) is 3. The molecule has 5 nitrogen and oxygen atoms in total. The lowest BCUT2D eigenvalue weighted by Gasteiger charge is -2.06. The summed E-state index contributed by atoms with van der Waals surface area (Å²) in [5, 5.41) is 5.06. The third-order valence-electron chi connectivity index (χ3n) is 2.01. The minimum absolute atomic E-state index is 0. The number of carbonyl (C=O) groups is 2. The highest BCUT2D eigenvalue weighted by Crippen LogP contribution is 2.17. The van der Waals surface area contributed by atoms with Gasteiger partial charge in [-0.25, -0.2) is 0 Å². The van der Waals surface area contributed by atoms with Gasteiger partial charge in [-0.2, -0.15) is 0 Å². The Balaban J connectivity index is 0.00000289. The Hall–Kier alpha value is -1.24. The summed E-state index contributed by atoms with van der Waals surface area (Å²) in [5.74, 6) is -0.624. The van der Waals surface area contributed by atoms with Crippen molar-refractivity contribution in [3.05, 3.63) is 24.3 Å². The second kappa shape index (κ2) is 8.79. The third kappa shape index (κ3) is 5.90. The van der Waals surface area contributed by atoms with Crippen molar-refractivity contribution in [2.24, 2.45) is 5.73 Å². The second-order valence-corrected chi connectivity index (χ2v) is 4.14. The monoisotopic (exact) mass is 289 g/mol. The summed E-state index contributed by atoms with van der Waals surface area (Å²) in [7, 11) is 0. The Kier molecular flexibility index (Phi) is 8.19. The number of halogens is 1. The van der Waals surface area contributed by atoms with Crippen molar-refractivity contribution in [2.75, 3.05) is 24.7 Å². The Morgan fingerprint density at radius 1 is 1.22 bits per heavy atom. The van der Waals surface area contributed by atoms with Crippen LogP contribution in [0.1, 0.15) is 0 Å². The number of amides is 2. The molecule has 0 aliphatic rings. The normalized spacial score (nSPS) is 9.22. The number of nitrogens with two attached hydrogens (primary N) is 1. The van der Waals surface area contributed by atoms with E-state index in [2.05, 4.69) is 10.6 Å². The van der Waals surface area contributed by atoms with E-state index in [9.17, 15) is 9.59 Å². The van der Waals surface area contributed by atoms with Crippen molar-refractivity contribution < 1.29 is 9.59 Å². The Bertz CT molecular complexity index is 398. The molecule has 0 unspecified atom stereocenters. The van der Waals surface area contributed by atoms with Gasteiger partial charge in [0.1, 0.15) is 0 Å². The number of carbonyl (C=O) groups excluding carboxylic acids is 2. The number of benzene rings is 1. The van der Waals surface area contributed by atoms with Crippen molar-refractivity contribution >= 4 is 41.7 Å². The minimum Gasteiger partial charge on any atom is -0.346 e. The van der Waals surface area contributed by atoms with Gasteiger partial charge in [0.15, 0.2) is 0 Å². The standard InChI is InChI=1S/C11H15N3O2S.ClH/c1-17-9-4-2-8(3-5-9)14-11(16)7-13-10(15)6-12;/h2-5H,6-7,12H2,1H3,(H,13,15)(H,14,16);1H. The highest BCUT2D eigenvalue weighted by molar-refractivity contribution is 7.98. The number of thioether (sulfide) groups is 1. The van der Waals surface area contributed by atoms with Crippen LogP contribution in [0.25, 0.3) is 0 Å². The Morgan fingerprint density at radius 3 is 2.33 bits per heavy atom. The van der Waals surface area contributed by atoms with Gasteiger partial charge in [0, 0.05) is 10.6 Å². The van der Waals surface area contributed by atoms with E-state index in [1.807, 2.05) is 30.5 Å². The van der Waals surface area contributed by atoms with Crippen LogP contribution in [0.3, 0.4) is 0 Å². The van der Waals surface area contributed by atoms with Gasteiger partial charge >= 0.3 is 0 Å². The zero-order valence-electron chi connectivity index (χ0n) is 9.93. The van der Waals surface area contributed by atoms with Gasteiger partial charge in [0.2, 0.25) is 11.8 Å². The predicted octanol–water partition coefficient (Wildman–Crippen LogP) is 0.844. The highest BCUT2D eigenvalue weighted by atomic mass is 35.5. The zero-order valence-corrected chi connectivity index (χ0v) is 11.6. The molecule has 0 radical (unpaired) electrons. The van der Waals surface area contributed by atoms with Crippen molar-refractivity contribution in [3.8, 4) is 0 Å².